The fourth-order valence-electron chi connectivity index (χ4n) is 3.44. The van der Waals surface area contributed by atoms with E-state index >= 15 is 0 Å². The largest absolute Gasteiger partial charge is 0.478 e. The first-order chi connectivity index (χ1) is 14.9. The molecule has 0 aliphatic carbocycles. The monoisotopic (exact) mass is 427 g/mol. The van der Waals surface area contributed by atoms with Crippen LogP contribution in [-0.4, -0.2) is 41.8 Å². The maximum atomic E-state index is 13.6. The van der Waals surface area contributed by atoms with Gasteiger partial charge in [0.15, 0.2) is 17.7 Å². The fourth-order valence-corrected chi connectivity index (χ4v) is 3.44. The van der Waals surface area contributed by atoms with Crippen LogP contribution in [-0.2, 0) is 9.59 Å². The number of amides is 3. The molecule has 1 heterocycles. The van der Waals surface area contributed by atoms with Gasteiger partial charge in [-0.25, -0.2) is 4.39 Å². The van der Waals surface area contributed by atoms with Crippen LogP contribution in [0.15, 0.2) is 48.5 Å². The molecule has 1 fully saturated rings. The van der Waals surface area contributed by atoms with Crippen molar-refractivity contribution in [2.45, 2.75) is 32.8 Å². The van der Waals surface area contributed by atoms with Gasteiger partial charge in [-0.1, -0.05) is 30.3 Å². The molecule has 3 amide bonds. The van der Waals surface area contributed by atoms with Gasteiger partial charge in [0.1, 0.15) is 0 Å². The lowest BCUT2D eigenvalue weighted by Crippen LogP contribution is -2.51. The number of hydrazine groups is 1. The highest BCUT2D eigenvalue weighted by Gasteiger charge is 2.29. The van der Waals surface area contributed by atoms with Gasteiger partial charge in [-0.05, 0) is 50.5 Å². The maximum Gasteiger partial charge on any atom is 0.279 e. The Bertz CT molecular complexity index is 957. The van der Waals surface area contributed by atoms with E-state index in [9.17, 15) is 18.8 Å². The van der Waals surface area contributed by atoms with Crippen LogP contribution >= 0.6 is 0 Å². The summed E-state index contributed by atoms with van der Waals surface area (Å²) in [7, 11) is 0. The Morgan fingerprint density at radius 3 is 2.35 bits per heavy atom. The Morgan fingerprint density at radius 1 is 1.03 bits per heavy atom. The summed E-state index contributed by atoms with van der Waals surface area (Å²) in [5.41, 5.74) is 6.31. The lowest BCUT2D eigenvalue weighted by Gasteiger charge is -2.31. The first-order valence-electron chi connectivity index (χ1n) is 10.2. The van der Waals surface area contributed by atoms with Gasteiger partial charge in [-0.3, -0.25) is 25.2 Å². The molecule has 0 aromatic heterocycles. The van der Waals surface area contributed by atoms with Gasteiger partial charge in [-0.2, -0.15) is 0 Å². The molecule has 1 aliphatic rings. The Kier molecular flexibility index (Phi) is 7.23. The quantitative estimate of drug-likeness (QED) is 0.718. The number of piperidine rings is 1. The van der Waals surface area contributed by atoms with Crippen molar-refractivity contribution >= 4 is 17.7 Å². The van der Waals surface area contributed by atoms with E-state index in [1.54, 1.807) is 17.0 Å². The molecule has 7 nitrogen and oxygen atoms in total. The molecule has 2 N–H and O–H groups in total. The summed E-state index contributed by atoms with van der Waals surface area (Å²) in [5, 5.41) is 0. The Labute approximate surface area is 180 Å². The summed E-state index contributed by atoms with van der Waals surface area (Å²) in [6.45, 7) is 4.29. The van der Waals surface area contributed by atoms with E-state index in [0.717, 1.165) is 5.56 Å². The van der Waals surface area contributed by atoms with E-state index in [0.29, 0.717) is 31.5 Å². The number of hydrogen-bond acceptors (Lipinski definition) is 4. The first-order valence-corrected chi connectivity index (χ1v) is 10.2. The van der Waals surface area contributed by atoms with E-state index in [1.165, 1.54) is 25.1 Å². The van der Waals surface area contributed by atoms with Crippen LogP contribution in [0.3, 0.4) is 0 Å². The number of carbonyl (C=O) groups is 3. The Morgan fingerprint density at radius 2 is 1.68 bits per heavy atom. The fraction of sp³-hybridized carbons (Fsp3) is 0.348. The van der Waals surface area contributed by atoms with E-state index in [1.807, 2.05) is 25.1 Å². The number of likely N-dealkylation sites (tertiary alicyclic amines) is 1. The number of halogens is 1. The minimum Gasteiger partial charge on any atom is -0.478 e. The van der Waals surface area contributed by atoms with Crippen molar-refractivity contribution in [3.63, 3.8) is 0 Å². The number of aryl methyl sites for hydroxylation is 1. The van der Waals surface area contributed by atoms with E-state index in [2.05, 4.69) is 10.9 Å². The number of rotatable bonds is 5. The van der Waals surface area contributed by atoms with Gasteiger partial charge in [0.2, 0.25) is 5.91 Å². The molecule has 1 unspecified atom stereocenters. The van der Waals surface area contributed by atoms with Gasteiger partial charge < -0.3 is 9.64 Å². The highest BCUT2D eigenvalue weighted by Crippen LogP contribution is 2.20. The topological polar surface area (TPSA) is 87.7 Å². The number of benzene rings is 2. The molecule has 3 rings (SSSR count). The number of nitrogens with one attached hydrogen (secondary N) is 2. The second-order valence-electron chi connectivity index (χ2n) is 7.55. The SMILES string of the molecule is Cc1ccccc1C(=O)N1CCC(C(=O)NNC(=O)C(C)Oc2ccccc2F)CC1. The molecule has 8 heteroatoms. The molecule has 164 valence electrons. The van der Waals surface area contributed by atoms with Crippen molar-refractivity contribution in [2.75, 3.05) is 13.1 Å². The number of para-hydroxylation sites is 1. The van der Waals surface area contributed by atoms with E-state index in [-0.39, 0.29) is 23.5 Å². The molecule has 2 aromatic carbocycles. The normalized spacial score (nSPS) is 15.1. The summed E-state index contributed by atoms with van der Waals surface area (Å²) in [4.78, 5) is 39.0. The van der Waals surface area contributed by atoms with Crippen LogP contribution in [0.5, 0.6) is 5.75 Å². The molecule has 2 aromatic rings. The smallest absolute Gasteiger partial charge is 0.279 e. The Hall–Kier alpha value is -3.42. The van der Waals surface area contributed by atoms with E-state index < -0.39 is 17.8 Å². The Balaban J connectivity index is 1.44. The highest BCUT2D eigenvalue weighted by molar-refractivity contribution is 5.95. The maximum absolute atomic E-state index is 13.6. The van der Waals surface area contributed by atoms with Gasteiger partial charge in [-0.15, -0.1) is 0 Å². The van der Waals surface area contributed by atoms with Crippen molar-refractivity contribution < 1.29 is 23.5 Å². The molecule has 0 saturated carbocycles. The molecule has 1 atom stereocenters. The molecular weight excluding hydrogens is 401 g/mol. The van der Waals surface area contributed by atoms with Crippen LogP contribution in [0, 0.1) is 18.7 Å². The standard InChI is InChI=1S/C23H26FN3O4/c1-15-7-3-4-8-18(15)23(30)27-13-11-17(12-14-27)22(29)26-25-21(28)16(2)31-20-10-6-5-9-19(20)24/h3-10,16-17H,11-14H2,1-2H3,(H,25,28)(H,26,29). The minimum absolute atomic E-state index is 0.0376. The summed E-state index contributed by atoms with van der Waals surface area (Å²) in [6.07, 6.45) is 0.00655. The number of nitrogens with zero attached hydrogens (tertiary/aromatic N) is 1. The van der Waals surface area contributed by atoms with Crippen LogP contribution in [0.1, 0.15) is 35.7 Å². The second kappa shape index (κ2) is 10.1. The summed E-state index contributed by atoms with van der Waals surface area (Å²) in [6, 6.07) is 13.2. The van der Waals surface area contributed by atoms with Crippen molar-refractivity contribution in [1.82, 2.24) is 15.8 Å². The van der Waals surface area contributed by atoms with Crippen LogP contribution in [0.2, 0.25) is 0 Å². The van der Waals surface area contributed by atoms with Crippen LogP contribution in [0.25, 0.3) is 0 Å². The molecule has 31 heavy (non-hydrogen) atoms. The average molecular weight is 427 g/mol. The predicted octanol–water partition coefficient (Wildman–Crippen LogP) is 2.60. The van der Waals surface area contributed by atoms with Crippen LogP contribution < -0.4 is 15.6 Å². The predicted molar refractivity (Wildman–Crippen MR) is 113 cm³/mol. The third-order valence-electron chi connectivity index (χ3n) is 5.35. The average Bonchev–Trinajstić information content (AvgIpc) is 2.78. The molecule has 0 radical (unpaired) electrons. The lowest BCUT2D eigenvalue weighted by molar-refractivity contribution is -0.135. The summed E-state index contributed by atoms with van der Waals surface area (Å²) in [5.74, 6) is -1.88. The third-order valence-corrected chi connectivity index (χ3v) is 5.35. The van der Waals surface area contributed by atoms with Crippen molar-refractivity contribution in [3.05, 3.63) is 65.5 Å². The zero-order chi connectivity index (χ0) is 22.4. The number of carbonyl (C=O) groups excluding carboxylic acids is 3. The highest BCUT2D eigenvalue weighted by atomic mass is 19.1. The zero-order valence-electron chi connectivity index (χ0n) is 17.6. The van der Waals surface area contributed by atoms with Crippen molar-refractivity contribution in [2.24, 2.45) is 5.92 Å². The zero-order valence-corrected chi connectivity index (χ0v) is 17.6. The summed E-state index contributed by atoms with van der Waals surface area (Å²) < 4.78 is 18.9. The van der Waals surface area contributed by atoms with Gasteiger partial charge >= 0.3 is 0 Å². The van der Waals surface area contributed by atoms with E-state index in [4.69, 9.17) is 4.74 Å². The molecule has 1 aliphatic heterocycles. The summed E-state index contributed by atoms with van der Waals surface area (Å²) >= 11 is 0. The molecular formula is C23H26FN3O4. The second-order valence-corrected chi connectivity index (χ2v) is 7.55. The minimum atomic E-state index is -0.995. The van der Waals surface area contributed by atoms with Gasteiger partial charge in [0.05, 0.1) is 0 Å². The first kappa shape index (κ1) is 22.3. The lowest BCUT2D eigenvalue weighted by atomic mass is 9.95. The van der Waals surface area contributed by atoms with Crippen molar-refractivity contribution in [3.8, 4) is 5.75 Å². The van der Waals surface area contributed by atoms with Crippen LogP contribution in [0.4, 0.5) is 4.39 Å². The number of hydrogen-bond donors (Lipinski definition) is 2. The van der Waals surface area contributed by atoms with Crippen molar-refractivity contribution in [1.29, 1.82) is 0 Å². The molecule has 0 spiro atoms. The van der Waals surface area contributed by atoms with Gasteiger partial charge in [0, 0.05) is 24.6 Å². The van der Waals surface area contributed by atoms with Gasteiger partial charge in [0.25, 0.3) is 11.8 Å². The molecule has 0 bridgehead atoms. The molecule has 1 saturated heterocycles. The number of ether oxygens (including phenoxy) is 1. The third kappa shape index (κ3) is 5.59.